The first-order valence-corrected chi connectivity index (χ1v) is 9.46. The molecule has 0 N–H and O–H groups in total. The van der Waals surface area contributed by atoms with Gasteiger partial charge in [-0.3, -0.25) is 4.79 Å². The minimum Gasteiger partial charge on any atom is -0.497 e. The van der Waals surface area contributed by atoms with Gasteiger partial charge in [0.2, 0.25) is 0 Å². The van der Waals surface area contributed by atoms with E-state index in [2.05, 4.69) is 22.1 Å². The van der Waals surface area contributed by atoms with E-state index in [-0.39, 0.29) is 5.91 Å². The normalized spacial score (nSPS) is 14.2. The van der Waals surface area contributed by atoms with Crippen molar-refractivity contribution in [1.82, 2.24) is 14.7 Å². The van der Waals surface area contributed by atoms with E-state index in [9.17, 15) is 4.79 Å². The molecule has 6 heteroatoms. The second-order valence-corrected chi connectivity index (χ2v) is 6.90. The van der Waals surface area contributed by atoms with Crippen LogP contribution in [0.25, 0.3) is 5.69 Å². The van der Waals surface area contributed by atoms with Crippen molar-refractivity contribution in [2.45, 2.75) is 6.92 Å². The number of benzene rings is 2. The van der Waals surface area contributed by atoms with Gasteiger partial charge in [0.25, 0.3) is 5.91 Å². The van der Waals surface area contributed by atoms with Crippen molar-refractivity contribution in [3.8, 4) is 11.4 Å². The Hall–Kier alpha value is -3.28. The molecule has 3 aromatic rings. The number of amides is 1. The lowest BCUT2D eigenvalue weighted by Crippen LogP contribution is -2.49. The molecule has 144 valence electrons. The van der Waals surface area contributed by atoms with Gasteiger partial charge in [-0.1, -0.05) is 24.3 Å². The first-order valence-electron chi connectivity index (χ1n) is 9.46. The maximum atomic E-state index is 13.2. The molecule has 1 amide bonds. The first kappa shape index (κ1) is 18.1. The van der Waals surface area contributed by atoms with E-state index in [1.807, 2.05) is 60.4 Å². The Morgan fingerprint density at radius 1 is 0.929 bits per heavy atom. The van der Waals surface area contributed by atoms with Crippen molar-refractivity contribution >= 4 is 11.6 Å². The van der Waals surface area contributed by atoms with Crippen LogP contribution in [0.15, 0.2) is 60.7 Å². The van der Waals surface area contributed by atoms with E-state index >= 15 is 0 Å². The number of aryl methyl sites for hydroxylation is 1. The van der Waals surface area contributed by atoms with Gasteiger partial charge >= 0.3 is 0 Å². The van der Waals surface area contributed by atoms with Gasteiger partial charge in [-0.2, -0.15) is 5.10 Å². The number of hydrogen-bond donors (Lipinski definition) is 0. The molecule has 4 rings (SSSR count). The van der Waals surface area contributed by atoms with Crippen LogP contribution in [0.4, 0.5) is 5.69 Å². The fraction of sp³-hybridized carbons (Fsp3) is 0.273. The van der Waals surface area contributed by atoms with Crippen LogP contribution in [-0.4, -0.2) is 53.9 Å². The highest BCUT2D eigenvalue weighted by atomic mass is 16.5. The topological polar surface area (TPSA) is 50.6 Å². The standard InChI is InChI=1S/C22H24N4O2/c1-17-15-21(26(23-17)19-9-6-10-20(16-19)28-2)22(27)25-13-11-24(12-14-25)18-7-4-3-5-8-18/h3-10,15-16H,11-14H2,1-2H3. The molecule has 6 nitrogen and oxygen atoms in total. The zero-order valence-electron chi connectivity index (χ0n) is 16.2. The highest BCUT2D eigenvalue weighted by Gasteiger charge is 2.25. The molecule has 0 spiro atoms. The molecule has 2 aromatic carbocycles. The summed E-state index contributed by atoms with van der Waals surface area (Å²) in [4.78, 5) is 17.4. The molecular formula is C22H24N4O2. The summed E-state index contributed by atoms with van der Waals surface area (Å²) in [5, 5.41) is 4.54. The molecule has 1 aliphatic heterocycles. The van der Waals surface area contributed by atoms with Crippen molar-refractivity contribution in [2.24, 2.45) is 0 Å². The molecule has 0 unspecified atom stereocenters. The monoisotopic (exact) mass is 376 g/mol. The number of nitrogens with zero attached hydrogens (tertiary/aromatic N) is 4. The Morgan fingerprint density at radius 3 is 2.36 bits per heavy atom. The van der Waals surface area contributed by atoms with Crippen LogP contribution in [0.5, 0.6) is 5.75 Å². The summed E-state index contributed by atoms with van der Waals surface area (Å²) in [6.07, 6.45) is 0. The molecule has 0 atom stereocenters. The Bertz CT molecular complexity index is 960. The second kappa shape index (κ2) is 7.76. The van der Waals surface area contributed by atoms with Crippen LogP contribution < -0.4 is 9.64 Å². The smallest absolute Gasteiger partial charge is 0.272 e. The van der Waals surface area contributed by atoms with Crippen molar-refractivity contribution < 1.29 is 9.53 Å². The molecule has 0 radical (unpaired) electrons. The van der Waals surface area contributed by atoms with E-state index in [4.69, 9.17) is 4.74 Å². The number of methoxy groups -OCH3 is 1. The lowest BCUT2D eigenvalue weighted by Gasteiger charge is -2.36. The van der Waals surface area contributed by atoms with Crippen LogP contribution in [0.1, 0.15) is 16.2 Å². The third-order valence-corrected chi connectivity index (χ3v) is 5.04. The van der Waals surface area contributed by atoms with E-state index < -0.39 is 0 Å². The number of para-hydroxylation sites is 1. The van der Waals surface area contributed by atoms with Crippen molar-refractivity contribution in [1.29, 1.82) is 0 Å². The molecule has 0 bridgehead atoms. The second-order valence-electron chi connectivity index (χ2n) is 6.90. The van der Waals surface area contributed by atoms with E-state index in [1.54, 1.807) is 11.8 Å². The Labute approximate surface area is 164 Å². The average Bonchev–Trinajstić information content (AvgIpc) is 3.16. The van der Waals surface area contributed by atoms with Gasteiger partial charge in [-0.15, -0.1) is 0 Å². The van der Waals surface area contributed by atoms with E-state index in [1.165, 1.54) is 5.69 Å². The number of carbonyl (C=O) groups is 1. The summed E-state index contributed by atoms with van der Waals surface area (Å²) in [7, 11) is 1.63. The molecule has 0 saturated carbocycles. The molecular weight excluding hydrogens is 352 g/mol. The SMILES string of the molecule is COc1cccc(-n2nc(C)cc2C(=O)N2CCN(c3ccccc3)CC2)c1. The van der Waals surface area contributed by atoms with Crippen LogP contribution >= 0.6 is 0 Å². The molecule has 1 fully saturated rings. The van der Waals surface area contributed by atoms with Gasteiger partial charge in [0.1, 0.15) is 11.4 Å². The summed E-state index contributed by atoms with van der Waals surface area (Å²) in [5.74, 6) is 0.747. The quantitative estimate of drug-likeness (QED) is 0.702. The van der Waals surface area contributed by atoms with Gasteiger partial charge in [-0.05, 0) is 37.3 Å². The number of hydrogen-bond acceptors (Lipinski definition) is 4. The summed E-state index contributed by atoms with van der Waals surface area (Å²) in [6.45, 7) is 4.93. The van der Waals surface area contributed by atoms with Crippen molar-refractivity contribution in [2.75, 3.05) is 38.2 Å². The van der Waals surface area contributed by atoms with E-state index in [0.29, 0.717) is 18.8 Å². The molecule has 1 saturated heterocycles. The zero-order chi connectivity index (χ0) is 19.5. The highest BCUT2D eigenvalue weighted by Crippen LogP contribution is 2.21. The Morgan fingerprint density at radius 2 is 1.64 bits per heavy atom. The fourth-order valence-corrected chi connectivity index (χ4v) is 3.56. The third kappa shape index (κ3) is 3.58. The Kier molecular flexibility index (Phi) is 5.02. The van der Waals surface area contributed by atoms with Crippen LogP contribution in [0.3, 0.4) is 0 Å². The van der Waals surface area contributed by atoms with Gasteiger partial charge in [0.15, 0.2) is 0 Å². The largest absolute Gasteiger partial charge is 0.497 e. The predicted octanol–water partition coefficient (Wildman–Crippen LogP) is 3.15. The van der Waals surface area contributed by atoms with Crippen LogP contribution in [-0.2, 0) is 0 Å². The van der Waals surface area contributed by atoms with Crippen molar-refractivity contribution in [3.05, 3.63) is 72.1 Å². The van der Waals surface area contributed by atoms with Crippen molar-refractivity contribution in [3.63, 3.8) is 0 Å². The number of rotatable bonds is 4. The molecule has 1 aromatic heterocycles. The highest BCUT2D eigenvalue weighted by molar-refractivity contribution is 5.93. The van der Waals surface area contributed by atoms with E-state index in [0.717, 1.165) is 30.2 Å². The summed E-state index contributed by atoms with van der Waals surface area (Å²) < 4.78 is 7.02. The summed E-state index contributed by atoms with van der Waals surface area (Å²) in [6, 6.07) is 19.8. The van der Waals surface area contributed by atoms with Crippen LogP contribution in [0.2, 0.25) is 0 Å². The number of ether oxygens (including phenoxy) is 1. The lowest BCUT2D eigenvalue weighted by molar-refractivity contribution is 0.0737. The minimum atomic E-state index is 0.0103. The maximum Gasteiger partial charge on any atom is 0.272 e. The first-order chi connectivity index (χ1) is 13.7. The third-order valence-electron chi connectivity index (χ3n) is 5.04. The van der Waals surface area contributed by atoms with Gasteiger partial charge in [-0.25, -0.2) is 4.68 Å². The van der Waals surface area contributed by atoms with Crippen LogP contribution in [0, 0.1) is 6.92 Å². The average molecular weight is 376 g/mol. The Balaban J connectivity index is 1.53. The molecule has 0 aliphatic carbocycles. The molecule has 2 heterocycles. The number of aromatic nitrogens is 2. The summed E-state index contributed by atoms with van der Waals surface area (Å²) in [5.41, 5.74) is 3.42. The fourth-order valence-electron chi connectivity index (χ4n) is 3.56. The molecule has 28 heavy (non-hydrogen) atoms. The lowest BCUT2D eigenvalue weighted by atomic mass is 10.2. The van der Waals surface area contributed by atoms with Gasteiger partial charge < -0.3 is 14.5 Å². The number of anilines is 1. The van der Waals surface area contributed by atoms with Gasteiger partial charge in [0, 0.05) is 37.9 Å². The molecule has 1 aliphatic rings. The number of carbonyl (C=O) groups excluding carboxylic acids is 1. The predicted molar refractivity (Wildman–Crippen MR) is 109 cm³/mol. The van der Waals surface area contributed by atoms with Gasteiger partial charge in [0.05, 0.1) is 18.5 Å². The minimum absolute atomic E-state index is 0.0103. The number of piperazine rings is 1. The maximum absolute atomic E-state index is 13.2. The zero-order valence-corrected chi connectivity index (χ0v) is 16.2. The summed E-state index contributed by atoms with van der Waals surface area (Å²) >= 11 is 0.